The van der Waals surface area contributed by atoms with Crippen LogP contribution in [0, 0.1) is 5.92 Å². The van der Waals surface area contributed by atoms with Crippen LogP contribution in [0.4, 0.5) is 0 Å². The highest BCUT2D eigenvalue weighted by molar-refractivity contribution is 5.07. The van der Waals surface area contributed by atoms with Gasteiger partial charge in [-0.3, -0.25) is 4.98 Å². The second-order valence-corrected chi connectivity index (χ2v) is 4.56. The smallest absolute Gasteiger partial charge is 0.232 e. The maximum Gasteiger partial charge on any atom is 0.232 e. The van der Waals surface area contributed by atoms with Gasteiger partial charge in [-0.1, -0.05) is 6.92 Å². The molecule has 0 aliphatic carbocycles. The molecule has 1 N–H and O–H groups in total. The van der Waals surface area contributed by atoms with Crippen molar-refractivity contribution in [3.63, 3.8) is 0 Å². The number of rotatable bonds is 7. The highest BCUT2D eigenvalue weighted by Crippen LogP contribution is 2.14. The minimum atomic E-state index is 0.498. The molecule has 1 aromatic heterocycles. The quantitative estimate of drug-likeness (QED) is 0.742. The molecular formula is C13H21N3O2. The van der Waals surface area contributed by atoms with Gasteiger partial charge < -0.3 is 14.8 Å². The van der Waals surface area contributed by atoms with E-state index in [1.54, 1.807) is 12.4 Å². The van der Waals surface area contributed by atoms with Gasteiger partial charge in [-0.2, -0.15) is 0 Å². The Hall–Kier alpha value is -1.20. The van der Waals surface area contributed by atoms with E-state index in [1.165, 1.54) is 0 Å². The largest absolute Gasteiger partial charge is 0.476 e. The summed E-state index contributed by atoms with van der Waals surface area (Å²) in [6, 6.07) is 0. The molecule has 1 aliphatic heterocycles. The maximum absolute atomic E-state index is 5.60. The summed E-state index contributed by atoms with van der Waals surface area (Å²) in [6.07, 6.45) is 5.66. The lowest BCUT2D eigenvalue weighted by Gasteiger charge is -2.09. The Morgan fingerprint density at radius 3 is 3.06 bits per heavy atom. The van der Waals surface area contributed by atoms with Crippen LogP contribution in [0.15, 0.2) is 12.4 Å². The fraction of sp³-hybridized carbons (Fsp3) is 0.692. The van der Waals surface area contributed by atoms with Crippen LogP contribution >= 0.6 is 0 Å². The van der Waals surface area contributed by atoms with E-state index < -0.39 is 0 Å². The monoisotopic (exact) mass is 251 g/mol. The lowest BCUT2D eigenvalue weighted by Crippen LogP contribution is -2.15. The average Bonchev–Trinajstić information content (AvgIpc) is 2.91. The Kier molecular flexibility index (Phi) is 5.36. The molecule has 1 atom stereocenters. The van der Waals surface area contributed by atoms with Gasteiger partial charge in [-0.15, -0.1) is 0 Å². The number of nitrogens with one attached hydrogen (secondary N) is 1. The molecule has 0 spiro atoms. The van der Waals surface area contributed by atoms with Crippen LogP contribution in [-0.2, 0) is 11.3 Å². The summed E-state index contributed by atoms with van der Waals surface area (Å²) in [6.45, 7) is 6.22. The molecule has 1 saturated heterocycles. The molecule has 2 rings (SSSR count). The van der Waals surface area contributed by atoms with E-state index in [0.717, 1.165) is 44.8 Å². The molecule has 0 amide bonds. The minimum absolute atomic E-state index is 0.498. The highest BCUT2D eigenvalue weighted by Gasteiger charge is 2.16. The first-order valence-electron chi connectivity index (χ1n) is 6.60. The summed E-state index contributed by atoms with van der Waals surface area (Å²) in [5.41, 5.74) is 0.944. The number of ether oxygens (including phenoxy) is 2. The SMILES string of the molecule is CCCNCc1cnc(OCC2CCOC2)cn1. The third kappa shape index (κ3) is 4.23. The van der Waals surface area contributed by atoms with Crippen LogP contribution in [0.5, 0.6) is 5.88 Å². The second-order valence-electron chi connectivity index (χ2n) is 4.56. The first kappa shape index (κ1) is 13.2. The summed E-state index contributed by atoms with van der Waals surface area (Å²) in [4.78, 5) is 8.57. The Bertz CT molecular complexity index is 337. The third-order valence-electron chi connectivity index (χ3n) is 2.91. The molecule has 18 heavy (non-hydrogen) atoms. The first-order chi connectivity index (χ1) is 8.88. The molecular weight excluding hydrogens is 230 g/mol. The van der Waals surface area contributed by atoms with Crippen molar-refractivity contribution in [2.45, 2.75) is 26.3 Å². The Labute approximate surface area is 108 Å². The van der Waals surface area contributed by atoms with Gasteiger partial charge in [0.1, 0.15) is 0 Å². The first-order valence-corrected chi connectivity index (χ1v) is 6.60. The molecule has 1 aromatic rings. The lowest BCUT2D eigenvalue weighted by atomic mass is 10.1. The van der Waals surface area contributed by atoms with Gasteiger partial charge in [0.2, 0.25) is 5.88 Å². The van der Waals surface area contributed by atoms with E-state index in [-0.39, 0.29) is 0 Å². The lowest BCUT2D eigenvalue weighted by molar-refractivity contribution is 0.165. The van der Waals surface area contributed by atoms with Gasteiger partial charge in [0.25, 0.3) is 0 Å². The average molecular weight is 251 g/mol. The predicted molar refractivity (Wildman–Crippen MR) is 68.5 cm³/mol. The van der Waals surface area contributed by atoms with E-state index in [1.807, 2.05) is 0 Å². The van der Waals surface area contributed by atoms with Crippen molar-refractivity contribution in [1.29, 1.82) is 0 Å². The second kappa shape index (κ2) is 7.28. The van der Waals surface area contributed by atoms with Crippen LogP contribution < -0.4 is 10.1 Å². The van der Waals surface area contributed by atoms with E-state index in [2.05, 4.69) is 22.2 Å². The molecule has 0 bridgehead atoms. The summed E-state index contributed by atoms with van der Waals surface area (Å²) >= 11 is 0. The van der Waals surface area contributed by atoms with Crippen LogP contribution in [0.25, 0.3) is 0 Å². The minimum Gasteiger partial charge on any atom is -0.476 e. The van der Waals surface area contributed by atoms with Crippen molar-refractivity contribution in [2.75, 3.05) is 26.4 Å². The normalized spacial score (nSPS) is 19.1. The van der Waals surface area contributed by atoms with E-state index in [0.29, 0.717) is 18.4 Å². The fourth-order valence-electron chi connectivity index (χ4n) is 1.82. The summed E-state index contributed by atoms with van der Waals surface area (Å²) in [7, 11) is 0. The molecule has 100 valence electrons. The third-order valence-corrected chi connectivity index (χ3v) is 2.91. The van der Waals surface area contributed by atoms with Gasteiger partial charge >= 0.3 is 0 Å². The zero-order valence-corrected chi connectivity index (χ0v) is 10.9. The van der Waals surface area contributed by atoms with Gasteiger partial charge in [0.15, 0.2) is 0 Å². The zero-order chi connectivity index (χ0) is 12.6. The molecule has 5 nitrogen and oxygen atoms in total. The van der Waals surface area contributed by atoms with Crippen LogP contribution in [0.2, 0.25) is 0 Å². The van der Waals surface area contributed by atoms with Crippen LogP contribution in [-0.4, -0.2) is 36.3 Å². The zero-order valence-electron chi connectivity index (χ0n) is 10.9. The Morgan fingerprint density at radius 1 is 1.44 bits per heavy atom. The molecule has 1 aliphatic rings. The highest BCUT2D eigenvalue weighted by atomic mass is 16.5. The van der Waals surface area contributed by atoms with E-state index in [4.69, 9.17) is 9.47 Å². The van der Waals surface area contributed by atoms with Crippen molar-refractivity contribution in [3.8, 4) is 5.88 Å². The predicted octanol–water partition coefficient (Wildman–Crippen LogP) is 1.39. The van der Waals surface area contributed by atoms with Gasteiger partial charge in [0.05, 0.1) is 31.3 Å². The number of hydrogen-bond acceptors (Lipinski definition) is 5. The molecule has 5 heteroatoms. The summed E-state index contributed by atoms with van der Waals surface area (Å²) in [5, 5.41) is 3.29. The van der Waals surface area contributed by atoms with Crippen LogP contribution in [0.1, 0.15) is 25.5 Å². The molecule has 2 heterocycles. The van der Waals surface area contributed by atoms with Gasteiger partial charge in [0, 0.05) is 19.1 Å². The Balaban J connectivity index is 1.72. The van der Waals surface area contributed by atoms with E-state index >= 15 is 0 Å². The van der Waals surface area contributed by atoms with Crippen LogP contribution in [0.3, 0.4) is 0 Å². The van der Waals surface area contributed by atoms with Crippen molar-refractivity contribution >= 4 is 0 Å². The van der Waals surface area contributed by atoms with Gasteiger partial charge in [-0.05, 0) is 19.4 Å². The molecule has 0 saturated carbocycles. The van der Waals surface area contributed by atoms with Crippen molar-refractivity contribution in [2.24, 2.45) is 5.92 Å². The topological polar surface area (TPSA) is 56.3 Å². The number of nitrogens with zero attached hydrogens (tertiary/aromatic N) is 2. The fourth-order valence-corrected chi connectivity index (χ4v) is 1.82. The number of hydrogen-bond donors (Lipinski definition) is 1. The van der Waals surface area contributed by atoms with E-state index in [9.17, 15) is 0 Å². The van der Waals surface area contributed by atoms with Crippen molar-refractivity contribution in [3.05, 3.63) is 18.1 Å². The number of aromatic nitrogens is 2. The molecule has 1 fully saturated rings. The molecule has 0 aromatic carbocycles. The Morgan fingerprint density at radius 2 is 2.39 bits per heavy atom. The van der Waals surface area contributed by atoms with Crippen molar-refractivity contribution in [1.82, 2.24) is 15.3 Å². The molecule has 0 radical (unpaired) electrons. The standard InChI is InChI=1S/C13H21N3O2/c1-2-4-14-6-12-7-16-13(8-15-12)18-10-11-3-5-17-9-11/h7-8,11,14H,2-6,9-10H2,1H3. The molecule has 1 unspecified atom stereocenters. The summed E-state index contributed by atoms with van der Waals surface area (Å²) in [5.74, 6) is 1.10. The van der Waals surface area contributed by atoms with Gasteiger partial charge in [-0.25, -0.2) is 4.98 Å². The van der Waals surface area contributed by atoms with Crippen molar-refractivity contribution < 1.29 is 9.47 Å². The summed E-state index contributed by atoms with van der Waals surface area (Å²) < 4.78 is 10.9. The maximum atomic E-state index is 5.60.